The Morgan fingerprint density at radius 1 is 1.62 bits per heavy atom. The molecule has 2 rings (SSSR count). The van der Waals surface area contributed by atoms with Crippen LogP contribution in [0, 0.1) is 11.3 Å². The molecule has 2 aliphatic rings. The van der Waals surface area contributed by atoms with Gasteiger partial charge in [-0.15, -0.1) is 0 Å². The summed E-state index contributed by atoms with van der Waals surface area (Å²) in [5.74, 6) is 0.639. The number of aliphatic hydroxyl groups excluding tert-OH is 1. The molecule has 2 saturated heterocycles. The van der Waals surface area contributed by atoms with E-state index in [1.165, 1.54) is 6.42 Å². The lowest BCUT2D eigenvalue weighted by Gasteiger charge is -2.35. The van der Waals surface area contributed by atoms with Crippen molar-refractivity contribution in [3.05, 3.63) is 0 Å². The summed E-state index contributed by atoms with van der Waals surface area (Å²) in [7, 11) is 0. The third-order valence-electron chi connectivity index (χ3n) is 3.90. The molecule has 0 aliphatic carbocycles. The van der Waals surface area contributed by atoms with Crippen LogP contribution < -0.4 is 5.32 Å². The normalized spacial score (nSPS) is 45.7. The molecule has 2 heterocycles. The van der Waals surface area contributed by atoms with Crippen molar-refractivity contribution < 1.29 is 9.84 Å². The Hall–Kier alpha value is -0.120. The Labute approximate surface area is 79.5 Å². The van der Waals surface area contributed by atoms with Gasteiger partial charge in [-0.1, -0.05) is 6.92 Å². The predicted octanol–water partition coefficient (Wildman–Crippen LogP) is 0.383. The fourth-order valence-electron chi connectivity index (χ4n) is 2.74. The molecule has 0 radical (unpaired) electrons. The molecule has 3 nitrogen and oxygen atoms in total. The highest BCUT2D eigenvalue weighted by Crippen LogP contribution is 2.42. The third kappa shape index (κ3) is 1.49. The van der Waals surface area contributed by atoms with Crippen LogP contribution >= 0.6 is 0 Å². The van der Waals surface area contributed by atoms with Gasteiger partial charge in [0.1, 0.15) is 0 Å². The molecular formula is C10H19NO2. The van der Waals surface area contributed by atoms with Gasteiger partial charge < -0.3 is 15.2 Å². The summed E-state index contributed by atoms with van der Waals surface area (Å²) in [5, 5.41) is 12.6. The molecule has 2 fully saturated rings. The van der Waals surface area contributed by atoms with E-state index in [0.29, 0.717) is 5.92 Å². The Balaban J connectivity index is 2.07. The number of hydrogen-bond acceptors (Lipinski definition) is 3. The first-order chi connectivity index (χ1) is 6.27. The van der Waals surface area contributed by atoms with E-state index in [2.05, 4.69) is 12.2 Å². The molecule has 0 aromatic carbocycles. The van der Waals surface area contributed by atoms with Gasteiger partial charge in [-0.05, 0) is 30.7 Å². The summed E-state index contributed by atoms with van der Waals surface area (Å²) in [6.07, 6.45) is 2.33. The first-order valence-corrected chi connectivity index (χ1v) is 5.19. The van der Waals surface area contributed by atoms with Gasteiger partial charge in [0, 0.05) is 12.6 Å². The predicted molar refractivity (Wildman–Crippen MR) is 50.5 cm³/mol. The molecule has 3 unspecified atom stereocenters. The Morgan fingerprint density at radius 3 is 3.08 bits per heavy atom. The number of rotatable bonds is 2. The van der Waals surface area contributed by atoms with Crippen molar-refractivity contribution in [1.29, 1.82) is 0 Å². The van der Waals surface area contributed by atoms with Crippen LogP contribution in [0.5, 0.6) is 0 Å². The van der Waals surface area contributed by atoms with E-state index >= 15 is 0 Å². The average Bonchev–Trinajstić information content (AvgIpc) is 2.72. The summed E-state index contributed by atoms with van der Waals surface area (Å²) in [4.78, 5) is 0. The zero-order chi connectivity index (χ0) is 9.31. The monoisotopic (exact) mass is 185 g/mol. The van der Waals surface area contributed by atoms with Gasteiger partial charge in [0.05, 0.1) is 13.2 Å². The van der Waals surface area contributed by atoms with Crippen molar-refractivity contribution in [2.75, 3.05) is 26.4 Å². The maximum atomic E-state index is 9.26. The molecule has 3 heteroatoms. The van der Waals surface area contributed by atoms with E-state index in [4.69, 9.17) is 4.74 Å². The average molecular weight is 185 g/mol. The van der Waals surface area contributed by atoms with Crippen molar-refractivity contribution >= 4 is 0 Å². The smallest absolute Gasteiger partial charge is 0.0590 e. The van der Waals surface area contributed by atoms with Gasteiger partial charge in [0.2, 0.25) is 0 Å². The molecular weight excluding hydrogens is 166 g/mol. The van der Waals surface area contributed by atoms with Gasteiger partial charge in [-0.25, -0.2) is 0 Å². The minimum atomic E-state index is 0.255. The second kappa shape index (κ2) is 3.56. The lowest BCUT2D eigenvalue weighted by molar-refractivity contribution is 0.0920. The molecule has 0 aromatic rings. The number of aliphatic hydroxyl groups is 1. The molecule has 13 heavy (non-hydrogen) atoms. The molecule has 0 bridgehead atoms. The van der Waals surface area contributed by atoms with Crippen LogP contribution in [-0.4, -0.2) is 37.5 Å². The zero-order valence-corrected chi connectivity index (χ0v) is 8.25. The highest BCUT2D eigenvalue weighted by Gasteiger charge is 2.45. The van der Waals surface area contributed by atoms with Gasteiger partial charge >= 0.3 is 0 Å². The van der Waals surface area contributed by atoms with Crippen molar-refractivity contribution in [2.45, 2.75) is 25.8 Å². The van der Waals surface area contributed by atoms with Crippen LogP contribution in [0.4, 0.5) is 0 Å². The van der Waals surface area contributed by atoms with Crippen molar-refractivity contribution in [1.82, 2.24) is 5.32 Å². The Bertz CT molecular complexity index is 180. The summed E-state index contributed by atoms with van der Waals surface area (Å²) in [5.41, 5.74) is 0.255. The largest absolute Gasteiger partial charge is 0.395 e. The number of nitrogens with one attached hydrogen (secondary N) is 1. The summed E-state index contributed by atoms with van der Waals surface area (Å²) < 4.78 is 5.42. The van der Waals surface area contributed by atoms with E-state index in [9.17, 15) is 5.11 Å². The van der Waals surface area contributed by atoms with Crippen LogP contribution in [0.1, 0.15) is 19.8 Å². The van der Waals surface area contributed by atoms with E-state index in [-0.39, 0.29) is 18.1 Å². The summed E-state index contributed by atoms with van der Waals surface area (Å²) in [6, 6.07) is 0.277. The molecule has 2 aliphatic heterocycles. The van der Waals surface area contributed by atoms with Gasteiger partial charge in [-0.2, -0.15) is 0 Å². The summed E-state index contributed by atoms with van der Waals surface area (Å²) in [6.45, 7) is 5.37. The molecule has 2 N–H and O–H groups in total. The minimum absolute atomic E-state index is 0.255. The SMILES string of the molecule is CC1(C2CCOC2)CCNC1CO. The van der Waals surface area contributed by atoms with E-state index in [1.807, 2.05) is 0 Å². The highest BCUT2D eigenvalue weighted by atomic mass is 16.5. The van der Waals surface area contributed by atoms with Gasteiger partial charge in [0.15, 0.2) is 0 Å². The van der Waals surface area contributed by atoms with Crippen molar-refractivity contribution in [3.63, 3.8) is 0 Å². The summed E-state index contributed by atoms with van der Waals surface area (Å²) >= 11 is 0. The molecule has 3 atom stereocenters. The van der Waals surface area contributed by atoms with E-state index in [0.717, 1.165) is 26.2 Å². The van der Waals surface area contributed by atoms with Gasteiger partial charge in [-0.3, -0.25) is 0 Å². The first kappa shape index (κ1) is 9.44. The second-order valence-electron chi connectivity index (χ2n) is 4.51. The Kier molecular flexibility index (Phi) is 2.58. The molecule has 76 valence electrons. The van der Waals surface area contributed by atoms with Crippen molar-refractivity contribution in [2.24, 2.45) is 11.3 Å². The van der Waals surface area contributed by atoms with Crippen LogP contribution in [0.2, 0.25) is 0 Å². The topological polar surface area (TPSA) is 41.5 Å². The maximum absolute atomic E-state index is 9.26. The van der Waals surface area contributed by atoms with Crippen LogP contribution in [0.25, 0.3) is 0 Å². The maximum Gasteiger partial charge on any atom is 0.0590 e. The fourth-order valence-corrected chi connectivity index (χ4v) is 2.74. The molecule has 0 spiro atoms. The number of ether oxygens (including phenoxy) is 1. The highest BCUT2D eigenvalue weighted by molar-refractivity contribution is 4.98. The lowest BCUT2D eigenvalue weighted by Crippen LogP contribution is -2.42. The zero-order valence-electron chi connectivity index (χ0n) is 8.25. The van der Waals surface area contributed by atoms with E-state index < -0.39 is 0 Å². The first-order valence-electron chi connectivity index (χ1n) is 5.19. The van der Waals surface area contributed by atoms with Crippen LogP contribution in [-0.2, 0) is 4.74 Å². The van der Waals surface area contributed by atoms with E-state index in [1.54, 1.807) is 0 Å². The van der Waals surface area contributed by atoms with Crippen LogP contribution in [0.15, 0.2) is 0 Å². The van der Waals surface area contributed by atoms with Gasteiger partial charge in [0.25, 0.3) is 0 Å². The minimum Gasteiger partial charge on any atom is -0.395 e. The van der Waals surface area contributed by atoms with Crippen molar-refractivity contribution in [3.8, 4) is 0 Å². The lowest BCUT2D eigenvalue weighted by atomic mass is 9.71. The second-order valence-corrected chi connectivity index (χ2v) is 4.51. The number of hydrogen-bond donors (Lipinski definition) is 2. The molecule has 0 aromatic heterocycles. The molecule has 0 saturated carbocycles. The Morgan fingerprint density at radius 2 is 2.46 bits per heavy atom. The quantitative estimate of drug-likeness (QED) is 0.653. The van der Waals surface area contributed by atoms with Crippen LogP contribution in [0.3, 0.4) is 0 Å². The third-order valence-corrected chi connectivity index (χ3v) is 3.90. The fraction of sp³-hybridized carbons (Fsp3) is 1.00. The molecule has 0 amide bonds. The standard InChI is InChI=1S/C10H19NO2/c1-10(8-2-5-13-7-8)3-4-11-9(10)6-12/h8-9,11-12H,2-7H2,1H3.